The third-order valence-corrected chi connectivity index (χ3v) is 1.96. The summed E-state index contributed by atoms with van der Waals surface area (Å²) >= 11 is 0. The molecule has 1 aromatic carbocycles. The highest BCUT2D eigenvalue weighted by Gasteiger charge is 2.13. The minimum absolute atomic E-state index is 0.103. The van der Waals surface area contributed by atoms with Crippen molar-refractivity contribution < 1.29 is 18.8 Å². The summed E-state index contributed by atoms with van der Waals surface area (Å²) in [6.07, 6.45) is 0. The minimum Gasteiger partial charge on any atom is -0.494 e. The van der Waals surface area contributed by atoms with Gasteiger partial charge >= 0.3 is 0 Å². The van der Waals surface area contributed by atoms with Crippen LogP contribution in [0.3, 0.4) is 0 Å². The molecular formula is C10H12FNO3. The molecule has 0 aliphatic carbocycles. The van der Waals surface area contributed by atoms with Gasteiger partial charge < -0.3 is 4.74 Å². The molecule has 0 saturated heterocycles. The van der Waals surface area contributed by atoms with E-state index in [2.05, 4.69) is 0 Å². The van der Waals surface area contributed by atoms with Crippen LogP contribution in [0.25, 0.3) is 0 Å². The lowest BCUT2D eigenvalue weighted by molar-refractivity contribution is -0.0757. The van der Waals surface area contributed by atoms with Crippen molar-refractivity contribution in [3.8, 4) is 5.75 Å². The molecule has 15 heavy (non-hydrogen) atoms. The topological polar surface area (TPSA) is 38.8 Å². The van der Waals surface area contributed by atoms with Crippen LogP contribution in [0.4, 0.5) is 4.39 Å². The van der Waals surface area contributed by atoms with Gasteiger partial charge in [0.2, 0.25) is 0 Å². The van der Waals surface area contributed by atoms with Crippen molar-refractivity contribution >= 4 is 5.91 Å². The molecule has 1 amide bonds. The van der Waals surface area contributed by atoms with Crippen LogP contribution < -0.4 is 4.74 Å². The Kier molecular flexibility index (Phi) is 3.62. The second-order valence-electron chi connectivity index (χ2n) is 2.83. The lowest BCUT2D eigenvalue weighted by atomic mass is 10.2. The van der Waals surface area contributed by atoms with Crippen molar-refractivity contribution in [3.63, 3.8) is 0 Å². The van der Waals surface area contributed by atoms with E-state index in [1.54, 1.807) is 0 Å². The standard InChI is InChI=1S/C10H12FNO3/c1-12(15-3)10(13)7-4-5-9(14-2)8(11)6-7/h4-6H,1-3H3. The van der Waals surface area contributed by atoms with Gasteiger partial charge in [-0.15, -0.1) is 0 Å². The zero-order valence-electron chi connectivity index (χ0n) is 8.78. The zero-order valence-corrected chi connectivity index (χ0v) is 8.78. The van der Waals surface area contributed by atoms with E-state index >= 15 is 0 Å². The molecule has 0 bridgehead atoms. The van der Waals surface area contributed by atoms with Crippen molar-refractivity contribution in [1.29, 1.82) is 0 Å². The van der Waals surface area contributed by atoms with Gasteiger partial charge in [0.1, 0.15) is 0 Å². The number of rotatable bonds is 3. The summed E-state index contributed by atoms with van der Waals surface area (Å²) in [7, 11) is 4.17. The molecule has 0 radical (unpaired) electrons. The summed E-state index contributed by atoms with van der Waals surface area (Å²) in [6.45, 7) is 0. The lowest BCUT2D eigenvalue weighted by Gasteiger charge is -2.13. The van der Waals surface area contributed by atoms with Crippen LogP contribution >= 0.6 is 0 Å². The Bertz CT molecular complexity index is 368. The van der Waals surface area contributed by atoms with E-state index in [4.69, 9.17) is 9.57 Å². The van der Waals surface area contributed by atoms with Gasteiger partial charge in [-0.05, 0) is 18.2 Å². The predicted molar refractivity (Wildman–Crippen MR) is 52.1 cm³/mol. The van der Waals surface area contributed by atoms with Crippen molar-refractivity contribution in [3.05, 3.63) is 29.6 Å². The van der Waals surface area contributed by atoms with E-state index in [1.165, 1.54) is 33.4 Å². The molecule has 0 unspecified atom stereocenters. The summed E-state index contributed by atoms with van der Waals surface area (Å²) in [5, 5.41) is 1.02. The Hall–Kier alpha value is -1.62. The molecule has 5 heteroatoms. The fraction of sp³-hybridized carbons (Fsp3) is 0.300. The van der Waals surface area contributed by atoms with E-state index in [9.17, 15) is 9.18 Å². The molecule has 0 saturated carbocycles. The van der Waals surface area contributed by atoms with Gasteiger partial charge in [0.25, 0.3) is 5.91 Å². The van der Waals surface area contributed by atoms with Crippen molar-refractivity contribution in [2.45, 2.75) is 0 Å². The first-order valence-electron chi connectivity index (χ1n) is 4.26. The fourth-order valence-corrected chi connectivity index (χ4v) is 1.06. The minimum atomic E-state index is -0.576. The maximum absolute atomic E-state index is 13.2. The monoisotopic (exact) mass is 213 g/mol. The Morgan fingerprint density at radius 1 is 1.40 bits per heavy atom. The molecule has 1 rings (SSSR count). The summed E-state index contributed by atoms with van der Waals surface area (Å²) in [6, 6.07) is 3.97. The summed E-state index contributed by atoms with van der Waals surface area (Å²) in [5.74, 6) is -0.890. The lowest BCUT2D eigenvalue weighted by Crippen LogP contribution is -2.25. The van der Waals surface area contributed by atoms with Gasteiger partial charge in [-0.3, -0.25) is 9.63 Å². The highest BCUT2D eigenvalue weighted by atomic mass is 19.1. The van der Waals surface area contributed by atoms with Crippen LogP contribution in [0.5, 0.6) is 5.75 Å². The Balaban J connectivity index is 2.97. The number of carbonyl (C=O) groups excluding carboxylic acids is 1. The first-order valence-corrected chi connectivity index (χ1v) is 4.26. The third-order valence-electron chi connectivity index (χ3n) is 1.96. The van der Waals surface area contributed by atoms with Gasteiger partial charge in [-0.2, -0.15) is 0 Å². The second kappa shape index (κ2) is 4.75. The fourth-order valence-electron chi connectivity index (χ4n) is 1.06. The number of hydrogen-bond donors (Lipinski definition) is 0. The number of amides is 1. The summed E-state index contributed by atoms with van der Waals surface area (Å²) < 4.78 is 18.0. The summed E-state index contributed by atoms with van der Waals surface area (Å²) in [4.78, 5) is 16.2. The Morgan fingerprint density at radius 3 is 2.53 bits per heavy atom. The average molecular weight is 213 g/mol. The second-order valence-corrected chi connectivity index (χ2v) is 2.83. The number of hydrogen-bond acceptors (Lipinski definition) is 3. The molecule has 0 N–H and O–H groups in total. The smallest absolute Gasteiger partial charge is 0.277 e. The largest absolute Gasteiger partial charge is 0.494 e. The van der Waals surface area contributed by atoms with Gasteiger partial charge in [-0.25, -0.2) is 9.45 Å². The first-order chi connectivity index (χ1) is 7.10. The van der Waals surface area contributed by atoms with Crippen LogP contribution in [0.1, 0.15) is 10.4 Å². The Labute approximate surface area is 87.2 Å². The molecule has 82 valence electrons. The van der Waals surface area contributed by atoms with Crippen LogP contribution in [0.15, 0.2) is 18.2 Å². The number of benzene rings is 1. The molecule has 0 aromatic heterocycles. The number of hydroxylamine groups is 2. The van der Waals surface area contributed by atoms with Crippen LogP contribution in [0, 0.1) is 5.82 Å². The van der Waals surface area contributed by atoms with Crippen LogP contribution in [-0.2, 0) is 4.84 Å². The number of halogens is 1. The van der Waals surface area contributed by atoms with Crippen LogP contribution in [-0.4, -0.2) is 32.2 Å². The van der Waals surface area contributed by atoms with Crippen LogP contribution in [0.2, 0.25) is 0 Å². The van der Waals surface area contributed by atoms with E-state index in [0.717, 1.165) is 11.1 Å². The molecule has 0 atom stereocenters. The third kappa shape index (κ3) is 2.44. The molecule has 0 aliphatic rings. The quantitative estimate of drug-likeness (QED) is 0.713. The Morgan fingerprint density at radius 2 is 2.07 bits per heavy atom. The van der Waals surface area contributed by atoms with Gasteiger partial charge in [-0.1, -0.05) is 0 Å². The SMILES string of the molecule is COc1ccc(C(=O)N(C)OC)cc1F. The molecular weight excluding hydrogens is 201 g/mol. The van der Waals surface area contributed by atoms with Crippen molar-refractivity contribution in [2.75, 3.05) is 21.3 Å². The van der Waals surface area contributed by atoms with Gasteiger partial charge in [0, 0.05) is 12.6 Å². The van der Waals surface area contributed by atoms with Crippen molar-refractivity contribution in [1.82, 2.24) is 5.06 Å². The number of ether oxygens (including phenoxy) is 1. The average Bonchev–Trinajstić information content (AvgIpc) is 2.26. The molecule has 0 fully saturated rings. The predicted octanol–water partition coefficient (Wildman–Crippen LogP) is 1.47. The maximum Gasteiger partial charge on any atom is 0.277 e. The normalized spacial score (nSPS) is 9.87. The molecule has 0 spiro atoms. The number of methoxy groups -OCH3 is 1. The highest BCUT2D eigenvalue weighted by Crippen LogP contribution is 2.18. The highest BCUT2D eigenvalue weighted by molar-refractivity contribution is 5.93. The summed E-state index contributed by atoms with van der Waals surface area (Å²) in [5.41, 5.74) is 0.206. The maximum atomic E-state index is 13.2. The van der Waals surface area contributed by atoms with E-state index in [1.807, 2.05) is 0 Å². The first kappa shape index (κ1) is 11.5. The molecule has 4 nitrogen and oxygen atoms in total. The number of nitrogens with zero attached hydrogens (tertiary/aromatic N) is 1. The van der Waals surface area contributed by atoms with Gasteiger partial charge in [0.15, 0.2) is 11.6 Å². The van der Waals surface area contributed by atoms with E-state index < -0.39 is 11.7 Å². The zero-order chi connectivity index (χ0) is 11.4. The molecule has 1 aromatic rings. The molecule has 0 heterocycles. The molecule has 0 aliphatic heterocycles. The number of carbonyl (C=O) groups is 1. The van der Waals surface area contributed by atoms with E-state index in [0.29, 0.717) is 0 Å². The van der Waals surface area contributed by atoms with E-state index in [-0.39, 0.29) is 11.3 Å². The van der Waals surface area contributed by atoms with Gasteiger partial charge in [0.05, 0.1) is 14.2 Å². The van der Waals surface area contributed by atoms with Crippen molar-refractivity contribution in [2.24, 2.45) is 0 Å².